The highest BCUT2D eigenvalue weighted by molar-refractivity contribution is 5.71. The molecule has 0 amide bonds. The zero-order chi connectivity index (χ0) is 56.4. The lowest BCUT2D eigenvalue weighted by atomic mass is 10.0. The molecule has 1 atom stereocenters. The monoisotopic (exact) mass is 1080 g/mol. The molecule has 6 heteroatoms. The number of hydrogen-bond donors (Lipinski definition) is 0. The average Bonchev–Trinajstić information content (AvgIpc) is 3.44. The van der Waals surface area contributed by atoms with E-state index in [9.17, 15) is 14.4 Å². The van der Waals surface area contributed by atoms with Crippen LogP contribution in [0.5, 0.6) is 0 Å². The molecule has 0 aliphatic rings. The van der Waals surface area contributed by atoms with Gasteiger partial charge in [-0.25, -0.2) is 0 Å². The summed E-state index contributed by atoms with van der Waals surface area (Å²) in [6, 6.07) is 0. The number of hydrogen-bond acceptors (Lipinski definition) is 6. The largest absolute Gasteiger partial charge is 0.462 e. The molecule has 0 heterocycles. The van der Waals surface area contributed by atoms with Crippen LogP contribution in [0.15, 0.2) is 122 Å². The van der Waals surface area contributed by atoms with Crippen molar-refractivity contribution in [1.82, 2.24) is 0 Å². The van der Waals surface area contributed by atoms with Crippen molar-refractivity contribution in [2.45, 2.75) is 303 Å². The van der Waals surface area contributed by atoms with Crippen LogP contribution in [-0.2, 0) is 28.6 Å². The number of carbonyl (C=O) groups is 3. The fourth-order valence-corrected chi connectivity index (χ4v) is 8.88. The standard InChI is InChI=1S/C72H120O6/c1-4-7-10-13-16-19-22-24-26-28-30-31-32-33-34-35-36-37-38-39-40-41-43-44-46-48-50-53-56-59-62-65-71(74)77-68-69(67-76-70(73)64-61-58-55-52-21-18-15-12-9-6-3)78-72(75)66-63-60-57-54-51-49-47-45-42-29-27-25-23-20-17-14-11-8-5-2/h7-8,10-12,15-17,19-20,24-27,30-31,42,45,49,51,69H,4-6,9,13-14,18,21-23,28-29,32-41,43-44,46-48,50,52-68H2,1-3H3/b10-7-,11-8-,15-12-,19-16-,20-17-,26-24-,27-25-,31-30-,45-42-,51-49-. The lowest BCUT2D eigenvalue weighted by Crippen LogP contribution is -2.30. The molecule has 0 radical (unpaired) electrons. The molecule has 6 nitrogen and oxygen atoms in total. The Balaban J connectivity index is 4.20. The highest BCUT2D eigenvalue weighted by Gasteiger charge is 2.19. The number of rotatable bonds is 58. The van der Waals surface area contributed by atoms with Crippen molar-refractivity contribution in [3.63, 3.8) is 0 Å². The first-order valence-electron chi connectivity index (χ1n) is 32.5. The summed E-state index contributed by atoms with van der Waals surface area (Å²) in [7, 11) is 0. The van der Waals surface area contributed by atoms with E-state index in [2.05, 4.69) is 142 Å². The van der Waals surface area contributed by atoms with Crippen molar-refractivity contribution in [1.29, 1.82) is 0 Å². The molecule has 0 bridgehead atoms. The van der Waals surface area contributed by atoms with Crippen LogP contribution in [0.25, 0.3) is 0 Å². The summed E-state index contributed by atoms with van der Waals surface area (Å²) in [5, 5.41) is 0. The SMILES string of the molecule is CC/C=C\C/C=C\C/C=C\C/C=C\C/C=C\CCCCCC(=O)OC(COC(=O)CCCCCCC/C=C\CCC)COC(=O)CCCCCCCCCCCCCCCCCCCC/C=C\C/C=C\C/C=C\C/C=C\CC. The first-order valence-corrected chi connectivity index (χ1v) is 32.5. The molecule has 0 aromatic heterocycles. The molecule has 0 aliphatic heterocycles. The fourth-order valence-electron chi connectivity index (χ4n) is 8.88. The van der Waals surface area contributed by atoms with E-state index < -0.39 is 6.10 Å². The van der Waals surface area contributed by atoms with Crippen LogP contribution >= 0.6 is 0 Å². The van der Waals surface area contributed by atoms with Crippen molar-refractivity contribution in [3.05, 3.63) is 122 Å². The van der Waals surface area contributed by atoms with Crippen LogP contribution in [0.3, 0.4) is 0 Å². The third-order valence-electron chi connectivity index (χ3n) is 13.7. The van der Waals surface area contributed by atoms with E-state index in [1.165, 1.54) is 116 Å². The zero-order valence-corrected chi connectivity index (χ0v) is 50.9. The molecule has 0 aliphatic carbocycles. The van der Waals surface area contributed by atoms with E-state index in [0.717, 1.165) is 141 Å². The maximum absolute atomic E-state index is 12.9. The van der Waals surface area contributed by atoms with Gasteiger partial charge in [0.15, 0.2) is 6.10 Å². The summed E-state index contributed by atoms with van der Waals surface area (Å²) in [5.74, 6) is -0.932. The number of allylic oxidation sites excluding steroid dienone is 20. The summed E-state index contributed by atoms with van der Waals surface area (Å²) in [5.41, 5.74) is 0. The molecule has 78 heavy (non-hydrogen) atoms. The maximum atomic E-state index is 12.9. The Labute approximate surface area is 482 Å². The molecule has 0 rings (SSSR count). The Morgan fingerprint density at radius 2 is 0.500 bits per heavy atom. The van der Waals surface area contributed by atoms with Gasteiger partial charge in [-0.2, -0.15) is 0 Å². The molecule has 0 aromatic carbocycles. The molecule has 0 fully saturated rings. The number of carbonyl (C=O) groups excluding carboxylic acids is 3. The number of ether oxygens (including phenoxy) is 3. The average molecular weight is 1080 g/mol. The first-order chi connectivity index (χ1) is 38.5. The Morgan fingerprint density at radius 1 is 0.269 bits per heavy atom. The van der Waals surface area contributed by atoms with Gasteiger partial charge in [-0.1, -0.05) is 277 Å². The molecule has 0 N–H and O–H groups in total. The Hall–Kier alpha value is -4.19. The summed E-state index contributed by atoms with van der Waals surface area (Å²) in [4.78, 5) is 38.2. The minimum absolute atomic E-state index is 0.0940. The van der Waals surface area contributed by atoms with E-state index in [1.807, 2.05) is 0 Å². The Kier molecular flexibility index (Phi) is 61.8. The molecule has 0 aromatic rings. The second-order valence-electron chi connectivity index (χ2n) is 21.3. The zero-order valence-electron chi connectivity index (χ0n) is 50.9. The van der Waals surface area contributed by atoms with Crippen LogP contribution in [0.4, 0.5) is 0 Å². The van der Waals surface area contributed by atoms with Crippen LogP contribution in [0.2, 0.25) is 0 Å². The van der Waals surface area contributed by atoms with Crippen molar-refractivity contribution in [2.75, 3.05) is 13.2 Å². The van der Waals surface area contributed by atoms with Crippen molar-refractivity contribution in [3.8, 4) is 0 Å². The Morgan fingerprint density at radius 3 is 0.808 bits per heavy atom. The minimum atomic E-state index is -0.800. The lowest BCUT2D eigenvalue weighted by molar-refractivity contribution is -0.167. The lowest BCUT2D eigenvalue weighted by Gasteiger charge is -2.18. The van der Waals surface area contributed by atoms with Gasteiger partial charge < -0.3 is 14.2 Å². The first kappa shape index (κ1) is 73.8. The van der Waals surface area contributed by atoms with Gasteiger partial charge in [0.1, 0.15) is 13.2 Å². The predicted octanol–water partition coefficient (Wildman–Crippen LogP) is 22.4. The third-order valence-corrected chi connectivity index (χ3v) is 13.7. The van der Waals surface area contributed by atoms with Gasteiger partial charge in [-0.15, -0.1) is 0 Å². The predicted molar refractivity (Wildman–Crippen MR) is 339 cm³/mol. The van der Waals surface area contributed by atoms with Crippen molar-refractivity contribution < 1.29 is 28.6 Å². The van der Waals surface area contributed by atoms with Gasteiger partial charge in [0.05, 0.1) is 0 Å². The molecule has 1 unspecified atom stereocenters. The van der Waals surface area contributed by atoms with E-state index in [1.54, 1.807) is 0 Å². The smallest absolute Gasteiger partial charge is 0.306 e. The van der Waals surface area contributed by atoms with Crippen molar-refractivity contribution in [2.24, 2.45) is 0 Å². The third kappa shape index (κ3) is 62.7. The van der Waals surface area contributed by atoms with Gasteiger partial charge >= 0.3 is 17.9 Å². The maximum Gasteiger partial charge on any atom is 0.306 e. The number of esters is 3. The normalized spacial score (nSPS) is 12.9. The van der Waals surface area contributed by atoms with E-state index in [0.29, 0.717) is 12.8 Å². The van der Waals surface area contributed by atoms with Gasteiger partial charge in [-0.3, -0.25) is 14.4 Å². The summed E-state index contributed by atoms with van der Waals surface area (Å²) >= 11 is 0. The van der Waals surface area contributed by atoms with Crippen LogP contribution in [0, 0.1) is 0 Å². The van der Waals surface area contributed by atoms with E-state index >= 15 is 0 Å². The van der Waals surface area contributed by atoms with E-state index in [-0.39, 0.29) is 37.5 Å². The van der Waals surface area contributed by atoms with Crippen molar-refractivity contribution >= 4 is 17.9 Å². The topological polar surface area (TPSA) is 78.9 Å². The molecular weight excluding hydrogens is 961 g/mol. The van der Waals surface area contributed by atoms with E-state index in [4.69, 9.17) is 14.2 Å². The second-order valence-corrected chi connectivity index (χ2v) is 21.3. The molecule has 0 saturated carbocycles. The van der Waals surface area contributed by atoms with Gasteiger partial charge in [-0.05, 0) is 122 Å². The molecule has 444 valence electrons. The van der Waals surface area contributed by atoms with Crippen LogP contribution in [0.1, 0.15) is 297 Å². The highest BCUT2D eigenvalue weighted by Crippen LogP contribution is 2.16. The van der Waals surface area contributed by atoms with Crippen LogP contribution in [-0.4, -0.2) is 37.2 Å². The quantitative estimate of drug-likeness (QED) is 0.0261. The summed E-state index contributed by atoms with van der Waals surface area (Å²) in [6.45, 7) is 6.33. The number of unbranched alkanes of at least 4 members (excludes halogenated alkanes) is 27. The van der Waals surface area contributed by atoms with Gasteiger partial charge in [0.25, 0.3) is 0 Å². The molecular formula is C72H120O6. The summed E-state index contributed by atoms with van der Waals surface area (Å²) in [6.07, 6.45) is 90.9. The summed E-state index contributed by atoms with van der Waals surface area (Å²) < 4.78 is 16.9. The van der Waals surface area contributed by atoms with Crippen LogP contribution < -0.4 is 0 Å². The van der Waals surface area contributed by atoms with Gasteiger partial charge in [0.2, 0.25) is 0 Å². The molecule has 0 spiro atoms. The highest BCUT2D eigenvalue weighted by atomic mass is 16.6. The molecule has 0 saturated heterocycles. The van der Waals surface area contributed by atoms with Gasteiger partial charge in [0, 0.05) is 19.3 Å². The second kappa shape index (κ2) is 65.3. The Bertz CT molecular complexity index is 1620. The minimum Gasteiger partial charge on any atom is -0.462 e. The fraction of sp³-hybridized carbons (Fsp3) is 0.681.